The summed E-state index contributed by atoms with van der Waals surface area (Å²) in [5.41, 5.74) is 4.98. The molecule has 7 rings (SSSR count). The van der Waals surface area contributed by atoms with Gasteiger partial charge in [0.15, 0.2) is 0 Å². The Morgan fingerprint density at radius 1 is 0.353 bits per heavy atom. The Labute approximate surface area is 298 Å². The predicted molar refractivity (Wildman–Crippen MR) is 197 cm³/mol. The first-order valence-electron chi connectivity index (χ1n) is 16.4. The Bertz CT molecular complexity index is 1580. The number of hydrogen-bond donors (Lipinski definition) is 0. The van der Waals surface area contributed by atoms with Gasteiger partial charge in [-0.15, -0.1) is 0 Å². The van der Waals surface area contributed by atoms with Gasteiger partial charge >= 0.3 is 17.9 Å². The zero-order valence-corrected chi connectivity index (χ0v) is 29.0. The second kappa shape index (κ2) is 20.4. The highest BCUT2D eigenvalue weighted by molar-refractivity contribution is 5.88. The molecule has 6 bridgehead atoms. The maximum atomic E-state index is 12.2. The van der Waals surface area contributed by atoms with Crippen LogP contribution in [0.1, 0.15) is 37.5 Å². The molecule has 0 saturated carbocycles. The molecule has 0 aliphatic carbocycles. The summed E-state index contributed by atoms with van der Waals surface area (Å²) in [6.07, 6.45) is 14.7. The third-order valence-corrected chi connectivity index (χ3v) is 7.25. The van der Waals surface area contributed by atoms with Gasteiger partial charge in [0.25, 0.3) is 0 Å². The van der Waals surface area contributed by atoms with Crippen LogP contribution < -0.4 is 14.2 Å². The number of hydrogen-bond acceptors (Lipinski definition) is 9. The Morgan fingerprint density at radius 3 is 0.863 bits per heavy atom. The Morgan fingerprint density at radius 2 is 0.608 bits per heavy atom. The van der Waals surface area contributed by atoms with Crippen molar-refractivity contribution in [2.45, 2.75) is 20.8 Å². The van der Waals surface area contributed by atoms with Crippen LogP contribution in [0.4, 0.5) is 0 Å². The number of ether oxygens (including phenoxy) is 6. The first-order valence-corrected chi connectivity index (χ1v) is 16.4. The summed E-state index contributed by atoms with van der Waals surface area (Å²) < 4.78 is 33.3. The maximum absolute atomic E-state index is 12.2. The lowest BCUT2D eigenvalue weighted by Crippen LogP contribution is -2.04. The third-order valence-electron chi connectivity index (χ3n) is 7.25. The van der Waals surface area contributed by atoms with Crippen LogP contribution in [-0.4, -0.2) is 57.5 Å². The van der Waals surface area contributed by atoms with Crippen molar-refractivity contribution in [3.8, 4) is 17.2 Å². The number of rotatable bonds is 0. The molecule has 3 aromatic rings. The Kier molecular flexibility index (Phi) is 15.1. The third kappa shape index (κ3) is 14.9. The minimum atomic E-state index is -0.460. The first-order chi connectivity index (χ1) is 24.7. The van der Waals surface area contributed by atoms with Crippen molar-refractivity contribution in [2.24, 2.45) is 0 Å². The Hall–Kier alpha value is -6.09. The lowest BCUT2D eigenvalue weighted by atomic mass is 10.2. The molecule has 264 valence electrons. The molecular weight excluding hydrogens is 648 g/mol. The molecule has 0 atom stereocenters. The van der Waals surface area contributed by atoms with Gasteiger partial charge in [-0.1, -0.05) is 36.4 Å². The molecule has 0 fully saturated rings. The lowest BCUT2D eigenvalue weighted by Gasteiger charge is -2.06. The van der Waals surface area contributed by atoms with Gasteiger partial charge in [-0.25, -0.2) is 14.4 Å². The summed E-state index contributed by atoms with van der Waals surface area (Å²) in [6.45, 7) is 6.90. The molecule has 9 nitrogen and oxygen atoms in total. The molecule has 0 radical (unpaired) electrons. The Balaban J connectivity index is 1.37. The molecule has 0 N–H and O–H groups in total. The van der Waals surface area contributed by atoms with Crippen molar-refractivity contribution in [3.05, 3.63) is 143 Å². The molecule has 4 heterocycles. The summed E-state index contributed by atoms with van der Waals surface area (Å²) >= 11 is 0. The zero-order chi connectivity index (χ0) is 36.3. The van der Waals surface area contributed by atoms with Gasteiger partial charge < -0.3 is 28.4 Å². The number of benzene rings is 3. The number of fused-ring (bicyclic) bond motifs is 3. The molecule has 4 aliphatic heterocycles. The van der Waals surface area contributed by atoms with Crippen molar-refractivity contribution in [2.75, 3.05) is 39.6 Å². The van der Waals surface area contributed by atoms with Gasteiger partial charge in [-0.05, 0) is 127 Å². The minimum Gasteiger partial charge on any atom is -0.490 e. The van der Waals surface area contributed by atoms with E-state index in [0.29, 0.717) is 37.1 Å². The highest BCUT2D eigenvalue weighted by atomic mass is 16.5. The standard InChI is InChI=1S/C42H42O9/c1-31-22-25-46-37-13-4-35(5-14-37)11-20-41(44)50-29-33(3)24-27-48-39-17-8-36(9-18-39)12-21-42(45)51-30-32(2)23-26-47-38-15-6-34(7-16-38)10-19-40(43)49-28-31/h4-24H,25-30H2,1-3H3. The SMILES string of the molecule is CC1=CCOc2ccc(cc2)C=CC(=O)OCC(C)=CCOc2ccc(cc2)C=CC(=O)OCC(C)=CCOc2ccc(cc2)C=CC(=O)OC1. The van der Waals surface area contributed by atoms with Crippen molar-refractivity contribution >= 4 is 36.1 Å². The second-order valence-corrected chi connectivity index (χ2v) is 11.6. The molecule has 3 aromatic carbocycles. The van der Waals surface area contributed by atoms with Crippen molar-refractivity contribution in [1.82, 2.24) is 0 Å². The second-order valence-electron chi connectivity index (χ2n) is 11.6. The van der Waals surface area contributed by atoms with E-state index < -0.39 is 17.9 Å². The van der Waals surface area contributed by atoms with Crippen molar-refractivity contribution < 1.29 is 42.8 Å². The monoisotopic (exact) mass is 690 g/mol. The largest absolute Gasteiger partial charge is 0.490 e. The fourth-order valence-electron chi connectivity index (χ4n) is 4.23. The highest BCUT2D eigenvalue weighted by Gasteiger charge is 2.03. The lowest BCUT2D eigenvalue weighted by molar-refractivity contribution is -0.137. The topological polar surface area (TPSA) is 107 Å². The molecule has 0 amide bonds. The molecule has 0 unspecified atom stereocenters. The fraction of sp³-hybridized carbons (Fsp3) is 0.214. The van der Waals surface area contributed by atoms with Gasteiger partial charge in [0, 0.05) is 18.2 Å². The van der Waals surface area contributed by atoms with Crippen LogP contribution in [0.15, 0.2) is 126 Å². The van der Waals surface area contributed by atoms with E-state index in [1.165, 1.54) is 18.2 Å². The average molecular weight is 691 g/mol. The molecular formula is C42H42O9. The smallest absolute Gasteiger partial charge is 0.331 e. The van der Waals surface area contributed by atoms with E-state index in [1.807, 2.05) is 112 Å². The van der Waals surface area contributed by atoms with Crippen LogP contribution in [0.2, 0.25) is 0 Å². The number of carbonyl (C=O) groups is 3. The zero-order valence-electron chi connectivity index (χ0n) is 29.0. The fourth-order valence-corrected chi connectivity index (χ4v) is 4.23. The number of esters is 3. The van der Waals surface area contributed by atoms with E-state index in [4.69, 9.17) is 28.4 Å². The molecule has 51 heavy (non-hydrogen) atoms. The van der Waals surface area contributed by atoms with E-state index in [9.17, 15) is 14.4 Å². The van der Waals surface area contributed by atoms with Gasteiger partial charge in [-0.3, -0.25) is 0 Å². The van der Waals surface area contributed by atoms with E-state index in [0.717, 1.165) is 33.4 Å². The average Bonchev–Trinajstić information content (AvgIpc) is 3.14. The summed E-state index contributed by atoms with van der Waals surface area (Å²) in [5, 5.41) is 0. The maximum Gasteiger partial charge on any atom is 0.331 e. The van der Waals surface area contributed by atoms with Crippen LogP contribution in [0.25, 0.3) is 18.2 Å². The summed E-state index contributed by atoms with van der Waals surface area (Å²) in [6, 6.07) is 21.8. The minimum absolute atomic E-state index is 0.138. The van der Waals surface area contributed by atoms with E-state index in [-0.39, 0.29) is 19.8 Å². The molecule has 0 aromatic heterocycles. The van der Waals surface area contributed by atoms with Crippen LogP contribution in [0, 0.1) is 0 Å². The molecule has 0 saturated heterocycles. The quantitative estimate of drug-likeness (QED) is 0.133. The summed E-state index contributed by atoms with van der Waals surface area (Å²) in [4.78, 5) is 36.7. The highest BCUT2D eigenvalue weighted by Crippen LogP contribution is 2.16. The van der Waals surface area contributed by atoms with Crippen LogP contribution >= 0.6 is 0 Å². The van der Waals surface area contributed by atoms with E-state index in [2.05, 4.69) is 0 Å². The first kappa shape index (κ1) is 37.7. The van der Waals surface area contributed by atoms with Crippen molar-refractivity contribution in [1.29, 1.82) is 0 Å². The van der Waals surface area contributed by atoms with Crippen LogP contribution in [0.3, 0.4) is 0 Å². The van der Waals surface area contributed by atoms with E-state index >= 15 is 0 Å². The molecule has 4 aliphatic rings. The van der Waals surface area contributed by atoms with Gasteiger partial charge in [-0.2, -0.15) is 0 Å². The van der Waals surface area contributed by atoms with Crippen molar-refractivity contribution in [3.63, 3.8) is 0 Å². The number of carbonyl (C=O) groups excluding carboxylic acids is 3. The summed E-state index contributed by atoms with van der Waals surface area (Å²) in [5.74, 6) is 0.600. The summed E-state index contributed by atoms with van der Waals surface area (Å²) in [7, 11) is 0. The van der Waals surface area contributed by atoms with Gasteiger partial charge in [0.1, 0.15) is 56.9 Å². The van der Waals surface area contributed by atoms with Gasteiger partial charge in [0.05, 0.1) is 0 Å². The molecule has 0 spiro atoms. The molecule has 9 heteroatoms. The normalized spacial score (nSPS) is 16.1. The van der Waals surface area contributed by atoms with Gasteiger partial charge in [0.2, 0.25) is 0 Å². The van der Waals surface area contributed by atoms with Crippen LogP contribution in [-0.2, 0) is 28.6 Å². The van der Waals surface area contributed by atoms with Crippen LogP contribution in [0.5, 0.6) is 17.2 Å². The van der Waals surface area contributed by atoms with E-state index in [1.54, 1.807) is 18.2 Å². The predicted octanol–water partition coefficient (Wildman–Crippen LogP) is 7.75.